The minimum Gasteiger partial charge on any atom is -0.481 e. The number of carboxylic acids is 5. The van der Waals surface area contributed by atoms with Gasteiger partial charge in [0.25, 0.3) is 0 Å². The average molecular weight is 1060 g/mol. The van der Waals surface area contributed by atoms with Crippen LogP contribution in [0.1, 0.15) is 99.8 Å². The number of aliphatic carboxylic acids is 5. The first-order chi connectivity index (χ1) is 32.5. The van der Waals surface area contributed by atoms with Gasteiger partial charge in [-0.1, -0.05) is 0 Å². The minimum atomic E-state index is -1.56. The normalized spacial score (nSPS) is 11.7. The monoisotopic (exact) mass is 1060 g/mol. The zero-order chi connectivity index (χ0) is 56.0. The molecule has 0 saturated heterocycles. The molecule has 27 heteroatoms. The van der Waals surface area contributed by atoms with E-state index in [1.54, 1.807) is 34.9 Å². The highest BCUT2D eigenvalue weighted by Gasteiger charge is 2.31. The number of hydrogen-bond donors (Lipinski definition) is 13. The van der Waals surface area contributed by atoms with Gasteiger partial charge < -0.3 is 72.6 Å². The number of aliphatic hydroxyl groups excluding tert-OH is 3. The third-order valence-electron chi connectivity index (χ3n) is 8.04. The van der Waals surface area contributed by atoms with Crippen LogP contribution in [0.3, 0.4) is 0 Å². The third kappa shape index (κ3) is 50.9. The highest BCUT2D eigenvalue weighted by molar-refractivity contribution is 8.00. The molecule has 0 saturated carbocycles. The van der Waals surface area contributed by atoms with Crippen molar-refractivity contribution in [2.24, 2.45) is 11.8 Å². The van der Waals surface area contributed by atoms with Crippen LogP contribution in [0.15, 0.2) is 0 Å². The molecule has 0 aliphatic heterocycles. The van der Waals surface area contributed by atoms with Gasteiger partial charge in [-0.3, -0.25) is 47.9 Å². The Morgan fingerprint density at radius 2 is 0.943 bits per heavy atom. The van der Waals surface area contributed by atoms with Gasteiger partial charge in [-0.15, -0.1) is 23.5 Å². The molecule has 4 atom stereocenters. The van der Waals surface area contributed by atoms with Crippen LogP contribution in [0.2, 0.25) is 0 Å². The number of carbonyl (C=O) groups is 10. The number of hydrogen-bond acceptors (Lipinski definition) is 19. The van der Waals surface area contributed by atoms with Crippen LogP contribution in [-0.2, 0) is 47.9 Å². The van der Waals surface area contributed by atoms with Gasteiger partial charge in [-0.2, -0.15) is 11.8 Å². The summed E-state index contributed by atoms with van der Waals surface area (Å²) in [5, 5.41) is 92.2. The molecule has 4 unspecified atom stereocenters. The van der Waals surface area contributed by atoms with Gasteiger partial charge in [0.2, 0.25) is 17.7 Å². The van der Waals surface area contributed by atoms with E-state index in [1.807, 2.05) is 13.8 Å². The van der Waals surface area contributed by atoms with E-state index in [9.17, 15) is 47.9 Å². The molecular weight excluding hydrogens is 985 g/mol. The van der Waals surface area contributed by atoms with E-state index in [1.165, 1.54) is 49.2 Å². The van der Waals surface area contributed by atoms with Gasteiger partial charge in [0.15, 0.2) is 0 Å². The molecule has 3 amide bonds. The van der Waals surface area contributed by atoms with Gasteiger partial charge in [-0.25, -0.2) is 0 Å². The zero-order valence-electron chi connectivity index (χ0n) is 41.6. The van der Waals surface area contributed by atoms with Gasteiger partial charge in [0.1, 0.15) is 27.6 Å². The molecule has 0 aliphatic carbocycles. The van der Waals surface area contributed by atoms with Crippen molar-refractivity contribution in [3.8, 4) is 0 Å². The molecule has 0 heterocycles. The second-order valence-electron chi connectivity index (χ2n) is 14.9. The lowest BCUT2D eigenvalue weighted by atomic mass is 9.99. The second-order valence-corrected chi connectivity index (χ2v) is 18.6. The molecule has 0 spiro atoms. The van der Waals surface area contributed by atoms with Gasteiger partial charge in [-0.05, 0) is 80.0 Å². The molecular formula is C43H78N6O18S3. The molecule has 0 fully saturated rings. The van der Waals surface area contributed by atoms with Crippen molar-refractivity contribution in [3.05, 3.63) is 0 Å². The van der Waals surface area contributed by atoms with Crippen molar-refractivity contribution < 1.29 is 88.8 Å². The summed E-state index contributed by atoms with van der Waals surface area (Å²) in [7, 11) is 3.24. The summed E-state index contributed by atoms with van der Waals surface area (Å²) in [5.41, 5.74) is -1.56. The van der Waals surface area contributed by atoms with Crippen molar-refractivity contribution in [1.29, 1.82) is 16.2 Å². The Morgan fingerprint density at radius 1 is 0.586 bits per heavy atom. The maximum atomic E-state index is 11.9. The fourth-order valence-corrected chi connectivity index (χ4v) is 7.69. The molecule has 0 radical (unpaired) electrons. The molecule has 0 aliphatic rings. The summed E-state index contributed by atoms with van der Waals surface area (Å²) in [6.07, 6.45) is 3.75. The van der Waals surface area contributed by atoms with Gasteiger partial charge in [0.05, 0.1) is 39.1 Å². The number of thioether (sulfide) groups is 3. The smallest absolute Gasteiger partial charge is 0.317 e. The molecule has 0 bridgehead atoms. The number of rotatable bonds is 31. The Kier molecular flexibility index (Phi) is 53.6. The van der Waals surface area contributed by atoms with Crippen LogP contribution in [0.5, 0.6) is 0 Å². The van der Waals surface area contributed by atoms with E-state index in [0.717, 1.165) is 23.5 Å². The van der Waals surface area contributed by atoms with E-state index in [4.69, 9.17) is 57.1 Å². The summed E-state index contributed by atoms with van der Waals surface area (Å²) in [6, 6.07) is 0.173. The largest absolute Gasteiger partial charge is 0.481 e. The van der Waals surface area contributed by atoms with Crippen molar-refractivity contribution in [1.82, 2.24) is 15.5 Å². The summed E-state index contributed by atoms with van der Waals surface area (Å²) in [6.45, 7) is 9.48. The number of carbonyl (C=O) groups excluding carboxylic acids is 5. The topological polar surface area (TPSA) is 431 Å². The first-order valence-corrected chi connectivity index (χ1v) is 24.7. The molecule has 70 heavy (non-hydrogen) atoms. The van der Waals surface area contributed by atoms with Crippen molar-refractivity contribution >= 4 is 113 Å². The summed E-state index contributed by atoms with van der Waals surface area (Å²) in [5.74, 6) is -6.45. The Balaban J connectivity index is -0.000000208. The molecule has 24 nitrogen and oxygen atoms in total. The van der Waals surface area contributed by atoms with Crippen molar-refractivity contribution in [2.45, 2.75) is 122 Å². The third-order valence-corrected chi connectivity index (χ3v) is 11.8. The maximum Gasteiger partial charge on any atom is 0.317 e. The molecule has 0 rings (SSSR count). The summed E-state index contributed by atoms with van der Waals surface area (Å²) < 4.78 is 0. The van der Waals surface area contributed by atoms with E-state index >= 15 is 0 Å². The number of aliphatic hydroxyl groups is 3. The van der Waals surface area contributed by atoms with Crippen molar-refractivity contribution in [2.75, 3.05) is 56.9 Å². The Hall–Kier alpha value is -4.96. The summed E-state index contributed by atoms with van der Waals surface area (Å²) >= 11 is 3.24. The fourth-order valence-electron chi connectivity index (χ4n) is 4.30. The van der Waals surface area contributed by atoms with Crippen LogP contribution in [-0.4, -0.2) is 203 Å². The Bertz CT molecular complexity index is 1560. The number of Topliss-reactive ketones (excluding diaryl/α,β-unsaturated/α-hetero) is 2. The van der Waals surface area contributed by atoms with E-state index in [2.05, 4.69) is 10.6 Å². The highest BCUT2D eigenvalue weighted by Crippen LogP contribution is 2.24. The lowest BCUT2D eigenvalue weighted by Gasteiger charge is -2.28. The molecule has 0 aromatic rings. The lowest BCUT2D eigenvalue weighted by molar-refractivity contribution is -0.142. The molecule has 13 N–H and O–H groups in total. The SMILES string of the molecule is CC(=O)C(CCC(=O)N(C)C)CSC(CC(=O)O)C(=O)O.CC(=O)C(CCC(=O)NC(CO)(CO)CO)CSC(CC(=O)O)C(=O)O.CC(C)NC(=O)CCSCCC(=O)O.CC=N.CC=N.CC=N. The van der Waals surface area contributed by atoms with Crippen LogP contribution < -0.4 is 10.6 Å². The first-order valence-electron chi connectivity index (χ1n) is 21.4. The second kappa shape index (κ2) is 49.0. The zero-order valence-corrected chi connectivity index (χ0v) is 44.0. The van der Waals surface area contributed by atoms with Gasteiger partial charge >= 0.3 is 29.8 Å². The predicted octanol–water partition coefficient (Wildman–Crippen LogP) is 2.26. The summed E-state index contributed by atoms with van der Waals surface area (Å²) in [4.78, 5) is 113. The molecule has 406 valence electrons. The lowest BCUT2D eigenvalue weighted by Crippen LogP contribution is -2.57. The average Bonchev–Trinajstić information content (AvgIpc) is 3.24. The standard InChI is InChI=1S/C15H25NO9S.C13H21NO6S.C9H17NO3S.3C2H5N/c1-9(20)10(5-26-11(14(24)25)4-13(22)23)2-3-12(21)16-15(6-17,7-18)8-19;1-8(15)9(4-5-11(16)14(2)3)7-21-10(13(19)20)6-12(17)18;1-7(2)10-8(11)3-5-14-6-4-9(12)13;3*1-2-3/h10-11,17-19H,2-8H2,1H3,(H,16,21)(H,22,23)(H,24,25);9-10H,4-7H2,1-3H3,(H,17,18)(H,19,20);7H,3-6H2,1-2H3,(H,10,11)(H,12,13);3*2-3H,1H3. The van der Waals surface area contributed by atoms with Gasteiger partial charge in [0, 0.05) is 74.2 Å². The number of nitrogens with one attached hydrogen (secondary N) is 5. The van der Waals surface area contributed by atoms with E-state index in [-0.39, 0.29) is 66.6 Å². The van der Waals surface area contributed by atoms with E-state index in [0.29, 0.717) is 24.3 Å². The van der Waals surface area contributed by atoms with Crippen molar-refractivity contribution in [3.63, 3.8) is 0 Å². The fraction of sp³-hybridized carbons (Fsp3) is 0.698. The number of carboxylic acid groups (broad SMARTS) is 5. The maximum absolute atomic E-state index is 11.9. The van der Waals surface area contributed by atoms with Crippen LogP contribution in [0, 0.1) is 28.1 Å². The molecule has 0 aromatic carbocycles. The van der Waals surface area contributed by atoms with E-state index < -0.39 is 96.3 Å². The minimum absolute atomic E-state index is 0.0304. The number of nitrogens with zero attached hydrogens (tertiary/aromatic N) is 1. The Morgan fingerprint density at radius 3 is 1.23 bits per heavy atom. The molecule has 0 aromatic heterocycles. The van der Waals surface area contributed by atoms with Crippen LogP contribution in [0.4, 0.5) is 0 Å². The first kappa shape index (κ1) is 76.5. The predicted molar refractivity (Wildman–Crippen MR) is 271 cm³/mol. The van der Waals surface area contributed by atoms with Crippen LogP contribution >= 0.6 is 35.3 Å². The highest BCUT2D eigenvalue weighted by atomic mass is 32.2. The number of ketones is 2. The quantitative estimate of drug-likeness (QED) is 0.0350. The Labute approximate surface area is 422 Å². The number of amides is 3. The van der Waals surface area contributed by atoms with Crippen LogP contribution in [0.25, 0.3) is 0 Å².